The van der Waals surface area contributed by atoms with E-state index in [1.54, 1.807) is 11.3 Å². The number of hydrogen-bond donors (Lipinski definition) is 2. The molecule has 0 saturated carbocycles. The fourth-order valence-corrected chi connectivity index (χ4v) is 4.08. The number of nitrogens with one attached hydrogen (secondary N) is 2. The van der Waals surface area contributed by atoms with Crippen molar-refractivity contribution >= 4 is 39.6 Å². The number of amides is 2. The molecule has 0 spiro atoms. The van der Waals surface area contributed by atoms with Crippen LogP contribution in [0.25, 0.3) is 0 Å². The number of thiazole rings is 1. The molecule has 2 N–H and O–H groups in total. The van der Waals surface area contributed by atoms with E-state index in [0.29, 0.717) is 17.2 Å². The van der Waals surface area contributed by atoms with Gasteiger partial charge in [0.05, 0.1) is 18.5 Å². The fourth-order valence-electron chi connectivity index (χ4n) is 2.65. The molecule has 1 aliphatic rings. The van der Waals surface area contributed by atoms with Gasteiger partial charge in [0.15, 0.2) is 5.13 Å². The highest BCUT2D eigenvalue weighted by molar-refractivity contribution is 7.14. The highest BCUT2D eigenvalue weighted by atomic mass is 32.1. The number of piperazine rings is 1. The molecule has 0 radical (unpaired) electrons. The van der Waals surface area contributed by atoms with E-state index in [9.17, 15) is 9.59 Å². The van der Waals surface area contributed by atoms with Gasteiger partial charge in [0, 0.05) is 35.9 Å². The number of anilines is 1. The van der Waals surface area contributed by atoms with Crippen molar-refractivity contribution in [2.75, 3.05) is 25.0 Å². The summed E-state index contributed by atoms with van der Waals surface area (Å²) in [5.41, 5.74) is 0.710. The van der Waals surface area contributed by atoms with Gasteiger partial charge in [-0.25, -0.2) is 4.98 Å². The summed E-state index contributed by atoms with van der Waals surface area (Å²) in [6, 6.07) is 4.07. The Labute approximate surface area is 148 Å². The lowest BCUT2D eigenvalue weighted by Gasteiger charge is -2.33. The Morgan fingerprint density at radius 2 is 2.29 bits per heavy atom. The Hall–Kier alpha value is -1.77. The molecule has 3 heterocycles. The van der Waals surface area contributed by atoms with Gasteiger partial charge >= 0.3 is 0 Å². The van der Waals surface area contributed by atoms with Crippen molar-refractivity contribution in [2.45, 2.75) is 25.8 Å². The molecule has 3 rings (SSSR count). The molecular formula is C16H20N4O2S2. The zero-order valence-corrected chi connectivity index (χ0v) is 15.1. The Morgan fingerprint density at radius 3 is 3.04 bits per heavy atom. The molecule has 1 fully saturated rings. The molecule has 0 aromatic carbocycles. The predicted molar refractivity (Wildman–Crippen MR) is 96.5 cm³/mol. The summed E-state index contributed by atoms with van der Waals surface area (Å²) in [4.78, 5) is 31.7. The van der Waals surface area contributed by atoms with E-state index < -0.39 is 0 Å². The topological polar surface area (TPSA) is 74.3 Å². The van der Waals surface area contributed by atoms with Crippen LogP contribution >= 0.6 is 22.7 Å². The van der Waals surface area contributed by atoms with Crippen LogP contribution in [0.2, 0.25) is 0 Å². The lowest BCUT2D eigenvalue weighted by atomic mass is 10.2. The van der Waals surface area contributed by atoms with Gasteiger partial charge in [0.1, 0.15) is 0 Å². The van der Waals surface area contributed by atoms with Crippen LogP contribution in [-0.2, 0) is 22.4 Å². The molecule has 6 nitrogen and oxygen atoms in total. The van der Waals surface area contributed by atoms with E-state index in [1.807, 2.05) is 34.7 Å². The first-order valence-corrected chi connectivity index (χ1v) is 9.64. The zero-order valence-electron chi connectivity index (χ0n) is 13.4. The van der Waals surface area contributed by atoms with Crippen molar-refractivity contribution in [1.82, 2.24) is 15.2 Å². The van der Waals surface area contributed by atoms with Crippen molar-refractivity contribution in [3.8, 4) is 0 Å². The number of carbonyl (C=O) groups excluding carboxylic acids is 2. The maximum atomic E-state index is 12.4. The van der Waals surface area contributed by atoms with E-state index in [-0.39, 0.29) is 24.3 Å². The second-order valence-electron chi connectivity index (χ2n) is 5.77. The van der Waals surface area contributed by atoms with Crippen LogP contribution in [0.1, 0.15) is 17.5 Å². The molecule has 2 aromatic rings. The number of hydrogen-bond acceptors (Lipinski definition) is 6. The van der Waals surface area contributed by atoms with Crippen LogP contribution in [0.3, 0.4) is 0 Å². The van der Waals surface area contributed by atoms with Gasteiger partial charge < -0.3 is 15.5 Å². The molecule has 1 aliphatic heterocycles. The number of nitrogens with zero attached hydrogens (tertiary/aromatic N) is 2. The van der Waals surface area contributed by atoms with Gasteiger partial charge in [-0.05, 0) is 18.4 Å². The van der Waals surface area contributed by atoms with E-state index >= 15 is 0 Å². The normalized spacial score (nSPS) is 17.7. The Balaban J connectivity index is 1.53. The van der Waals surface area contributed by atoms with Gasteiger partial charge in [-0.15, -0.1) is 22.7 Å². The zero-order chi connectivity index (χ0) is 16.9. The van der Waals surface area contributed by atoms with Crippen molar-refractivity contribution in [2.24, 2.45) is 0 Å². The molecule has 0 aliphatic carbocycles. The molecular weight excluding hydrogens is 344 g/mol. The molecule has 1 atom stereocenters. The third kappa shape index (κ3) is 4.40. The average Bonchev–Trinajstić information content (AvgIpc) is 3.20. The average molecular weight is 364 g/mol. The van der Waals surface area contributed by atoms with Crippen LogP contribution in [0.4, 0.5) is 5.13 Å². The van der Waals surface area contributed by atoms with Gasteiger partial charge in [0.2, 0.25) is 11.8 Å². The van der Waals surface area contributed by atoms with Crippen LogP contribution in [0.15, 0.2) is 22.9 Å². The van der Waals surface area contributed by atoms with Crippen LogP contribution in [0, 0.1) is 0 Å². The summed E-state index contributed by atoms with van der Waals surface area (Å²) in [6.45, 7) is 4.43. The first kappa shape index (κ1) is 17.1. The van der Waals surface area contributed by atoms with Crippen molar-refractivity contribution in [1.29, 1.82) is 0 Å². The summed E-state index contributed by atoms with van der Waals surface area (Å²) in [7, 11) is 0. The number of thiophene rings is 1. The number of carbonyl (C=O) groups is 2. The first-order chi connectivity index (χ1) is 11.6. The van der Waals surface area contributed by atoms with Crippen LogP contribution < -0.4 is 10.6 Å². The SMILES string of the molecule is C[C@H]1CNCCN1C(=O)Cc1csc(NC(=O)Cc2cccs2)n1. The smallest absolute Gasteiger partial charge is 0.231 e. The molecule has 128 valence electrons. The van der Waals surface area contributed by atoms with Crippen molar-refractivity contribution in [3.05, 3.63) is 33.5 Å². The fraction of sp³-hybridized carbons (Fsp3) is 0.438. The molecule has 8 heteroatoms. The van der Waals surface area contributed by atoms with Crippen molar-refractivity contribution < 1.29 is 9.59 Å². The third-order valence-electron chi connectivity index (χ3n) is 3.87. The molecule has 0 unspecified atom stereocenters. The highest BCUT2D eigenvalue weighted by Crippen LogP contribution is 2.18. The van der Waals surface area contributed by atoms with Gasteiger partial charge in [-0.3, -0.25) is 9.59 Å². The van der Waals surface area contributed by atoms with Gasteiger partial charge in [-0.2, -0.15) is 0 Å². The minimum absolute atomic E-state index is 0.0830. The number of aromatic nitrogens is 1. The summed E-state index contributed by atoms with van der Waals surface area (Å²) in [6.07, 6.45) is 0.630. The molecule has 2 aromatic heterocycles. The second-order valence-corrected chi connectivity index (χ2v) is 7.66. The summed E-state index contributed by atoms with van der Waals surface area (Å²) >= 11 is 2.92. The van der Waals surface area contributed by atoms with E-state index in [1.165, 1.54) is 11.3 Å². The molecule has 0 bridgehead atoms. The van der Waals surface area contributed by atoms with Crippen LogP contribution in [0.5, 0.6) is 0 Å². The number of rotatable bonds is 5. The minimum Gasteiger partial charge on any atom is -0.337 e. The van der Waals surface area contributed by atoms with Crippen molar-refractivity contribution in [3.63, 3.8) is 0 Å². The standard InChI is InChI=1S/C16H20N4O2S2/c1-11-9-17-4-5-20(11)15(22)7-12-10-24-16(18-12)19-14(21)8-13-3-2-6-23-13/h2-3,6,10-11,17H,4-5,7-9H2,1H3,(H,18,19,21)/t11-/m0/s1. The first-order valence-electron chi connectivity index (χ1n) is 7.88. The van der Waals surface area contributed by atoms with Gasteiger partial charge in [-0.1, -0.05) is 6.07 Å². The maximum absolute atomic E-state index is 12.4. The van der Waals surface area contributed by atoms with Gasteiger partial charge in [0.25, 0.3) is 0 Å². The quantitative estimate of drug-likeness (QED) is 0.848. The Morgan fingerprint density at radius 1 is 1.42 bits per heavy atom. The van der Waals surface area contributed by atoms with E-state index in [4.69, 9.17) is 0 Å². The summed E-state index contributed by atoms with van der Waals surface area (Å²) in [5, 5.41) is 10.4. The monoisotopic (exact) mass is 364 g/mol. The Kier molecular flexibility index (Phi) is 5.60. The Bertz CT molecular complexity index is 699. The minimum atomic E-state index is -0.0830. The molecule has 24 heavy (non-hydrogen) atoms. The molecule has 2 amide bonds. The highest BCUT2D eigenvalue weighted by Gasteiger charge is 2.23. The maximum Gasteiger partial charge on any atom is 0.231 e. The lowest BCUT2D eigenvalue weighted by Crippen LogP contribution is -2.52. The predicted octanol–water partition coefficient (Wildman–Crippen LogP) is 1.75. The largest absolute Gasteiger partial charge is 0.337 e. The van der Waals surface area contributed by atoms with Crippen LogP contribution in [-0.4, -0.2) is 47.4 Å². The molecule has 1 saturated heterocycles. The third-order valence-corrected chi connectivity index (χ3v) is 5.55. The summed E-state index contributed by atoms with van der Waals surface area (Å²) in [5.74, 6) is 0.00571. The van der Waals surface area contributed by atoms with E-state index in [0.717, 1.165) is 24.5 Å². The van der Waals surface area contributed by atoms with E-state index in [2.05, 4.69) is 15.6 Å². The lowest BCUT2D eigenvalue weighted by molar-refractivity contribution is -0.133. The second kappa shape index (κ2) is 7.87. The summed E-state index contributed by atoms with van der Waals surface area (Å²) < 4.78 is 0.